The first kappa shape index (κ1) is 15.5. The van der Waals surface area contributed by atoms with Gasteiger partial charge in [0.15, 0.2) is 0 Å². The number of rotatable bonds is 2. The zero-order valence-electron chi connectivity index (χ0n) is 13.5. The van der Waals surface area contributed by atoms with E-state index >= 15 is 0 Å². The van der Waals surface area contributed by atoms with Gasteiger partial charge in [-0.15, -0.1) is 0 Å². The Hall–Kier alpha value is -2.05. The van der Waals surface area contributed by atoms with Gasteiger partial charge in [0.2, 0.25) is 0 Å². The Morgan fingerprint density at radius 2 is 2.17 bits per heavy atom. The van der Waals surface area contributed by atoms with E-state index in [0.29, 0.717) is 22.7 Å². The van der Waals surface area contributed by atoms with E-state index in [1.165, 1.54) is 6.42 Å². The number of carbonyl (C=O) groups is 1. The largest absolute Gasteiger partial charge is 0.323 e. The fraction of sp³-hybridized carbons (Fsp3) is 0.412. The summed E-state index contributed by atoms with van der Waals surface area (Å²) in [6.07, 6.45) is 4.60. The maximum Gasteiger partial charge on any atom is 0.321 e. The number of hydrogen-bond acceptors (Lipinski definition) is 3. The molecule has 0 unspecified atom stereocenters. The molecule has 2 aliphatic heterocycles. The average Bonchev–Trinajstić information content (AvgIpc) is 3.26. The Kier molecular flexibility index (Phi) is 3.94. The highest BCUT2D eigenvalue weighted by molar-refractivity contribution is 6.32. The van der Waals surface area contributed by atoms with Gasteiger partial charge in [-0.1, -0.05) is 23.7 Å². The van der Waals surface area contributed by atoms with Crippen LogP contribution in [-0.4, -0.2) is 58.3 Å². The number of likely N-dealkylation sites (N-methyl/N-ethyl adjacent to an activating group) is 1. The molecular formula is C17H20ClN5O. The number of likely N-dealkylation sites (tertiary alicyclic amines) is 2. The predicted molar refractivity (Wildman–Crippen MR) is 93.7 cm³/mol. The minimum atomic E-state index is -0.0588. The Bertz CT molecular complexity index is 761. The number of hydrogen-bond donors (Lipinski definition) is 1. The van der Waals surface area contributed by atoms with Gasteiger partial charge in [-0.2, -0.15) is 5.10 Å². The number of fused-ring (bicyclic) bond motifs is 1. The van der Waals surface area contributed by atoms with E-state index in [0.717, 1.165) is 25.3 Å². The summed E-state index contributed by atoms with van der Waals surface area (Å²) in [4.78, 5) is 16.8. The summed E-state index contributed by atoms with van der Waals surface area (Å²) in [5, 5.41) is 7.85. The van der Waals surface area contributed by atoms with Crippen LogP contribution in [0.2, 0.25) is 5.02 Å². The van der Waals surface area contributed by atoms with Gasteiger partial charge in [-0.25, -0.2) is 9.48 Å². The van der Waals surface area contributed by atoms with Crippen molar-refractivity contribution in [1.29, 1.82) is 0 Å². The molecule has 2 fully saturated rings. The molecule has 2 saturated heterocycles. The minimum absolute atomic E-state index is 0.0588. The fourth-order valence-electron chi connectivity index (χ4n) is 3.70. The summed E-state index contributed by atoms with van der Waals surface area (Å²) in [6.45, 7) is 2.76. The van der Waals surface area contributed by atoms with Gasteiger partial charge in [0.05, 0.1) is 28.8 Å². The number of urea groups is 1. The number of amides is 2. The van der Waals surface area contributed by atoms with Gasteiger partial charge in [0.1, 0.15) is 0 Å². The summed E-state index contributed by atoms with van der Waals surface area (Å²) in [7, 11) is 2.14. The van der Waals surface area contributed by atoms with Crippen LogP contribution in [-0.2, 0) is 0 Å². The van der Waals surface area contributed by atoms with Crippen LogP contribution in [0, 0.1) is 5.92 Å². The molecule has 0 aliphatic carbocycles. The van der Waals surface area contributed by atoms with Crippen LogP contribution in [0.5, 0.6) is 0 Å². The summed E-state index contributed by atoms with van der Waals surface area (Å²) < 4.78 is 1.67. The topological polar surface area (TPSA) is 53.4 Å². The van der Waals surface area contributed by atoms with Crippen molar-refractivity contribution >= 4 is 23.3 Å². The molecule has 1 aromatic heterocycles. The zero-order chi connectivity index (χ0) is 16.7. The first-order valence-electron chi connectivity index (χ1n) is 8.17. The number of aromatic nitrogens is 2. The number of benzene rings is 1. The molecular weight excluding hydrogens is 326 g/mol. The Balaban J connectivity index is 1.43. The van der Waals surface area contributed by atoms with E-state index in [2.05, 4.69) is 22.4 Å². The molecule has 1 aromatic carbocycles. The highest BCUT2D eigenvalue weighted by Gasteiger charge is 2.41. The summed E-state index contributed by atoms with van der Waals surface area (Å²) in [5.41, 5.74) is 1.46. The van der Waals surface area contributed by atoms with Crippen LogP contribution in [0.15, 0.2) is 36.7 Å². The van der Waals surface area contributed by atoms with Crippen molar-refractivity contribution in [2.75, 3.05) is 32.0 Å². The normalized spacial score (nSPS) is 23.5. The van der Waals surface area contributed by atoms with E-state index in [1.807, 2.05) is 29.2 Å². The lowest BCUT2D eigenvalue weighted by Crippen LogP contribution is -2.37. The van der Waals surface area contributed by atoms with Crippen LogP contribution in [0.1, 0.15) is 6.42 Å². The molecule has 4 rings (SSSR count). The number of nitrogens with one attached hydrogen (secondary N) is 1. The van der Waals surface area contributed by atoms with Gasteiger partial charge in [-0.05, 0) is 38.1 Å². The van der Waals surface area contributed by atoms with Gasteiger partial charge < -0.3 is 15.1 Å². The second-order valence-corrected chi connectivity index (χ2v) is 6.96. The SMILES string of the molecule is CN1CC[C@@H]2CN(C(=O)Nc3cnn(-c4ccccc4Cl)c3)C[C@@H]21. The number of anilines is 1. The highest BCUT2D eigenvalue weighted by Crippen LogP contribution is 2.30. The number of para-hydroxylation sites is 1. The molecule has 0 bridgehead atoms. The molecule has 0 radical (unpaired) electrons. The third-order valence-electron chi connectivity index (χ3n) is 5.05. The molecule has 2 atom stereocenters. The summed E-state index contributed by atoms with van der Waals surface area (Å²) in [5.74, 6) is 0.603. The van der Waals surface area contributed by atoms with Crippen LogP contribution in [0.4, 0.5) is 10.5 Å². The Labute approximate surface area is 146 Å². The van der Waals surface area contributed by atoms with Gasteiger partial charge in [0, 0.05) is 19.1 Å². The molecule has 2 aliphatic rings. The first-order valence-corrected chi connectivity index (χ1v) is 8.55. The Morgan fingerprint density at radius 3 is 2.96 bits per heavy atom. The van der Waals surface area contributed by atoms with Crippen molar-refractivity contribution in [1.82, 2.24) is 19.6 Å². The molecule has 1 N–H and O–H groups in total. The number of nitrogens with zero attached hydrogens (tertiary/aromatic N) is 4. The number of halogens is 1. The molecule has 2 amide bonds. The lowest BCUT2D eigenvalue weighted by molar-refractivity contribution is 0.213. The quantitative estimate of drug-likeness (QED) is 0.910. The monoisotopic (exact) mass is 345 g/mol. The summed E-state index contributed by atoms with van der Waals surface area (Å²) in [6, 6.07) is 7.92. The van der Waals surface area contributed by atoms with E-state index < -0.39 is 0 Å². The van der Waals surface area contributed by atoms with Crippen LogP contribution >= 0.6 is 11.6 Å². The van der Waals surface area contributed by atoms with Crippen molar-refractivity contribution < 1.29 is 4.79 Å². The molecule has 2 aromatic rings. The third kappa shape index (κ3) is 2.76. The third-order valence-corrected chi connectivity index (χ3v) is 5.37. The lowest BCUT2D eigenvalue weighted by atomic mass is 10.1. The predicted octanol–water partition coefficient (Wildman–Crippen LogP) is 2.69. The highest BCUT2D eigenvalue weighted by atomic mass is 35.5. The average molecular weight is 346 g/mol. The zero-order valence-corrected chi connectivity index (χ0v) is 14.3. The van der Waals surface area contributed by atoms with E-state index in [9.17, 15) is 4.79 Å². The van der Waals surface area contributed by atoms with Crippen LogP contribution in [0.3, 0.4) is 0 Å². The Morgan fingerprint density at radius 1 is 1.33 bits per heavy atom. The molecule has 0 saturated carbocycles. The second-order valence-electron chi connectivity index (χ2n) is 6.56. The molecule has 7 heteroatoms. The fourth-order valence-corrected chi connectivity index (χ4v) is 3.92. The van der Waals surface area contributed by atoms with Gasteiger partial charge in [0.25, 0.3) is 0 Å². The molecule has 0 spiro atoms. The molecule has 126 valence electrons. The maximum atomic E-state index is 12.5. The van der Waals surface area contributed by atoms with E-state index in [-0.39, 0.29) is 6.03 Å². The van der Waals surface area contributed by atoms with Crippen molar-refractivity contribution in [3.8, 4) is 5.69 Å². The summed E-state index contributed by atoms with van der Waals surface area (Å²) >= 11 is 6.18. The van der Waals surface area contributed by atoms with Crippen molar-refractivity contribution in [2.45, 2.75) is 12.5 Å². The van der Waals surface area contributed by atoms with Gasteiger partial charge >= 0.3 is 6.03 Å². The van der Waals surface area contributed by atoms with E-state index in [1.54, 1.807) is 17.1 Å². The number of carbonyl (C=O) groups excluding carboxylic acids is 1. The van der Waals surface area contributed by atoms with Crippen LogP contribution < -0.4 is 5.32 Å². The molecule has 24 heavy (non-hydrogen) atoms. The second kappa shape index (κ2) is 6.11. The van der Waals surface area contributed by atoms with E-state index in [4.69, 9.17) is 11.6 Å². The molecule has 6 nitrogen and oxygen atoms in total. The van der Waals surface area contributed by atoms with Crippen LogP contribution in [0.25, 0.3) is 5.69 Å². The minimum Gasteiger partial charge on any atom is -0.323 e. The standard InChI is InChI=1S/C17H20ClN5O/c1-21-7-6-12-9-22(11-16(12)21)17(24)20-13-8-19-23(10-13)15-5-3-2-4-14(15)18/h2-5,8,10,12,16H,6-7,9,11H2,1H3,(H,20,24)/t12-,16+/m1/s1. The lowest BCUT2D eigenvalue weighted by Gasteiger charge is -2.20. The maximum absolute atomic E-state index is 12.5. The van der Waals surface area contributed by atoms with Crippen molar-refractivity contribution in [3.05, 3.63) is 41.7 Å². The molecule has 3 heterocycles. The van der Waals surface area contributed by atoms with Crippen molar-refractivity contribution in [3.63, 3.8) is 0 Å². The van der Waals surface area contributed by atoms with Gasteiger partial charge in [-0.3, -0.25) is 0 Å². The smallest absolute Gasteiger partial charge is 0.321 e. The first-order chi connectivity index (χ1) is 11.6. The van der Waals surface area contributed by atoms with Crippen molar-refractivity contribution in [2.24, 2.45) is 5.92 Å².